The summed E-state index contributed by atoms with van der Waals surface area (Å²) in [4.78, 5) is 25.8. The van der Waals surface area contributed by atoms with Gasteiger partial charge < -0.3 is 20.5 Å². The van der Waals surface area contributed by atoms with Crippen LogP contribution >= 0.6 is 11.3 Å². The molecule has 3 heterocycles. The van der Waals surface area contributed by atoms with Gasteiger partial charge in [0.25, 0.3) is 5.91 Å². The van der Waals surface area contributed by atoms with Crippen LogP contribution in [0.3, 0.4) is 0 Å². The molecule has 4 rings (SSSR count). The fourth-order valence-corrected chi connectivity index (χ4v) is 3.66. The number of aromatic hydroxyl groups is 1. The smallest absolute Gasteiger partial charge is 0.271 e. The Morgan fingerprint density at radius 2 is 1.88 bits per heavy atom. The molecule has 0 atom stereocenters. The van der Waals surface area contributed by atoms with Gasteiger partial charge in [0.05, 0.1) is 10.2 Å². The second-order valence-electron chi connectivity index (χ2n) is 6.83. The van der Waals surface area contributed by atoms with Gasteiger partial charge in [-0.1, -0.05) is 18.2 Å². The molecule has 1 amide bonds. The first-order valence-corrected chi connectivity index (χ1v) is 10.8. The molecule has 0 aliphatic carbocycles. The molecule has 0 saturated carbocycles. The van der Waals surface area contributed by atoms with Crippen molar-refractivity contribution < 1.29 is 14.6 Å². The van der Waals surface area contributed by atoms with E-state index in [1.165, 1.54) is 11.3 Å². The molecule has 166 valence electrons. The van der Waals surface area contributed by atoms with Crippen molar-refractivity contribution in [2.24, 2.45) is 0 Å². The van der Waals surface area contributed by atoms with E-state index in [0.717, 1.165) is 21.3 Å². The highest BCUT2D eigenvalue weighted by Crippen LogP contribution is 2.24. The van der Waals surface area contributed by atoms with E-state index in [9.17, 15) is 9.90 Å². The molecule has 4 aromatic rings. The second-order valence-corrected chi connectivity index (χ2v) is 7.74. The lowest BCUT2D eigenvalue weighted by Crippen LogP contribution is -2.27. The first-order chi connectivity index (χ1) is 15.6. The lowest BCUT2D eigenvalue weighted by atomic mass is 10.1. The standard InChI is InChI=1S/C21H19N5O2S.C2H6O/c27-16-5-3-14(4-6-16)7-10-23-20(28)18-19-17(8-11-29-19)25-21(26-18)24-13-15-2-1-9-22-12-15;1-3-2/h1-6,8-9,11-12,27H,7,10,13H2,(H,23,28)(H,24,25,26);1-2H3. The molecule has 3 aromatic heterocycles. The number of pyridine rings is 1. The van der Waals surface area contributed by atoms with E-state index in [1.807, 2.05) is 35.7 Å². The molecule has 32 heavy (non-hydrogen) atoms. The van der Waals surface area contributed by atoms with Crippen molar-refractivity contribution in [3.05, 3.63) is 77.1 Å². The van der Waals surface area contributed by atoms with Gasteiger partial charge in [0, 0.05) is 39.7 Å². The molecule has 0 aliphatic rings. The number of hydrogen-bond donors (Lipinski definition) is 3. The summed E-state index contributed by atoms with van der Waals surface area (Å²) in [5, 5.41) is 17.3. The van der Waals surface area contributed by atoms with Gasteiger partial charge in [0.15, 0.2) is 5.69 Å². The first-order valence-electron chi connectivity index (χ1n) is 9.95. The monoisotopic (exact) mass is 451 g/mol. The summed E-state index contributed by atoms with van der Waals surface area (Å²) in [5.74, 6) is 0.400. The summed E-state index contributed by atoms with van der Waals surface area (Å²) in [5.41, 5.74) is 3.14. The van der Waals surface area contributed by atoms with Crippen LogP contribution < -0.4 is 10.6 Å². The normalized spacial score (nSPS) is 10.3. The van der Waals surface area contributed by atoms with E-state index in [1.54, 1.807) is 38.7 Å². The van der Waals surface area contributed by atoms with E-state index in [4.69, 9.17) is 0 Å². The maximum absolute atomic E-state index is 12.8. The number of amides is 1. The quantitative estimate of drug-likeness (QED) is 0.394. The number of nitrogens with zero attached hydrogens (tertiary/aromatic N) is 3. The Hall–Kier alpha value is -3.56. The number of fused-ring (bicyclic) bond motifs is 1. The molecule has 0 bridgehead atoms. The van der Waals surface area contributed by atoms with E-state index in [-0.39, 0.29) is 11.7 Å². The number of methoxy groups -OCH3 is 1. The fourth-order valence-electron chi connectivity index (χ4n) is 2.85. The van der Waals surface area contributed by atoms with Crippen molar-refractivity contribution >= 4 is 33.4 Å². The van der Waals surface area contributed by atoms with Crippen LogP contribution in [0.4, 0.5) is 5.95 Å². The van der Waals surface area contributed by atoms with Crippen LogP contribution in [0.5, 0.6) is 5.75 Å². The lowest BCUT2D eigenvalue weighted by molar-refractivity contribution is 0.0951. The van der Waals surface area contributed by atoms with Crippen LogP contribution in [0.25, 0.3) is 10.2 Å². The molecular weight excluding hydrogens is 426 g/mol. The van der Waals surface area contributed by atoms with E-state index in [2.05, 4.69) is 30.3 Å². The Labute approximate surface area is 190 Å². The molecule has 0 saturated heterocycles. The number of carbonyl (C=O) groups is 1. The Kier molecular flexibility index (Phi) is 8.47. The molecular formula is C23H25N5O3S. The number of aromatic nitrogens is 3. The average molecular weight is 452 g/mol. The van der Waals surface area contributed by atoms with E-state index >= 15 is 0 Å². The maximum atomic E-state index is 12.8. The zero-order valence-electron chi connectivity index (χ0n) is 17.9. The molecule has 0 fully saturated rings. The minimum absolute atomic E-state index is 0.227. The van der Waals surface area contributed by atoms with Crippen molar-refractivity contribution in [1.29, 1.82) is 0 Å². The molecule has 8 nitrogen and oxygen atoms in total. The predicted octanol–water partition coefficient (Wildman–Crippen LogP) is 3.64. The summed E-state index contributed by atoms with van der Waals surface area (Å²) < 4.78 is 5.01. The van der Waals surface area contributed by atoms with Gasteiger partial charge in [-0.15, -0.1) is 11.3 Å². The van der Waals surface area contributed by atoms with Gasteiger partial charge in [0.1, 0.15) is 5.75 Å². The summed E-state index contributed by atoms with van der Waals surface area (Å²) in [6, 6.07) is 12.7. The van der Waals surface area contributed by atoms with Gasteiger partial charge >= 0.3 is 0 Å². The van der Waals surface area contributed by atoms with Crippen LogP contribution in [-0.4, -0.2) is 46.7 Å². The number of rotatable bonds is 7. The van der Waals surface area contributed by atoms with Crippen LogP contribution in [0.15, 0.2) is 60.2 Å². The number of anilines is 1. The van der Waals surface area contributed by atoms with Crippen molar-refractivity contribution in [2.75, 3.05) is 26.1 Å². The van der Waals surface area contributed by atoms with Gasteiger partial charge in [-0.05, 0) is 47.2 Å². The molecule has 0 spiro atoms. The zero-order valence-corrected chi connectivity index (χ0v) is 18.7. The van der Waals surface area contributed by atoms with Crippen molar-refractivity contribution in [3.8, 4) is 5.75 Å². The second kappa shape index (κ2) is 11.7. The lowest BCUT2D eigenvalue weighted by Gasteiger charge is -2.09. The van der Waals surface area contributed by atoms with Crippen LogP contribution in [0, 0.1) is 0 Å². The Morgan fingerprint density at radius 3 is 2.59 bits per heavy atom. The predicted molar refractivity (Wildman–Crippen MR) is 126 cm³/mol. The number of thiophene rings is 1. The molecule has 0 unspecified atom stereocenters. The fraction of sp³-hybridized carbons (Fsp3) is 0.217. The number of benzene rings is 1. The summed E-state index contributed by atoms with van der Waals surface area (Å²) in [6.45, 7) is 0.990. The highest BCUT2D eigenvalue weighted by atomic mass is 32.1. The van der Waals surface area contributed by atoms with Crippen LogP contribution in [0.1, 0.15) is 21.6 Å². The highest BCUT2D eigenvalue weighted by molar-refractivity contribution is 7.17. The average Bonchev–Trinajstić information content (AvgIpc) is 3.28. The van der Waals surface area contributed by atoms with Crippen LogP contribution in [-0.2, 0) is 17.7 Å². The summed E-state index contributed by atoms with van der Waals surface area (Å²) >= 11 is 1.45. The molecule has 9 heteroatoms. The number of phenols is 1. The maximum Gasteiger partial charge on any atom is 0.271 e. The van der Waals surface area contributed by atoms with Gasteiger partial charge in [-0.3, -0.25) is 9.78 Å². The zero-order chi connectivity index (χ0) is 22.8. The number of phenolic OH excluding ortho intramolecular Hbond substituents is 1. The topological polar surface area (TPSA) is 109 Å². The summed E-state index contributed by atoms with van der Waals surface area (Å²) in [7, 11) is 3.25. The number of nitrogens with one attached hydrogen (secondary N) is 2. The number of ether oxygens (including phenoxy) is 1. The molecule has 0 radical (unpaired) electrons. The molecule has 0 aliphatic heterocycles. The number of hydrogen-bond acceptors (Lipinski definition) is 8. The molecule has 3 N–H and O–H groups in total. The minimum Gasteiger partial charge on any atom is -0.508 e. The van der Waals surface area contributed by atoms with Crippen molar-refractivity contribution in [1.82, 2.24) is 20.3 Å². The van der Waals surface area contributed by atoms with Crippen LogP contribution in [0.2, 0.25) is 0 Å². The third kappa shape index (κ3) is 6.47. The highest BCUT2D eigenvalue weighted by Gasteiger charge is 2.16. The number of carbonyl (C=O) groups excluding carboxylic acids is 1. The summed E-state index contributed by atoms with van der Waals surface area (Å²) in [6.07, 6.45) is 4.15. The van der Waals surface area contributed by atoms with Crippen molar-refractivity contribution in [3.63, 3.8) is 0 Å². The van der Waals surface area contributed by atoms with E-state index < -0.39 is 0 Å². The van der Waals surface area contributed by atoms with Gasteiger partial charge in [-0.25, -0.2) is 9.97 Å². The minimum atomic E-state index is -0.233. The van der Waals surface area contributed by atoms with E-state index in [0.29, 0.717) is 31.2 Å². The van der Waals surface area contributed by atoms with Crippen molar-refractivity contribution in [2.45, 2.75) is 13.0 Å². The molecule has 1 aromatic carbocycles. The first kappa shape index (κ1) is 23.1. The Bertz CT molecular complexity index is 1130. The Balaban J connectivity index is 0.000000913. The third-order valence-corrected chi connectivity index (χ3v) is 5.24. The third-order valence-electron chi connectivity index (χ3n) is 4.33. The Morgan fingerprint density at radius 1 is 1.09 bits per heavy atom. The van der Waals surface area contributed by atoms with Gasteiger partial charge in [0.2, 0.25) is 5.95 Å². The largest absolute Gasteiger partial charge is 0.508 e. The van der Waals surface area contributed by atoms with Gasteiger partial charge in [-0.2, -0.15) is 0 Å². The SMILES string of the molecule is COC.O=C(NCCc1ccc(O)cc1)c1nc(NCc2cccnc2)nc2ccsc12.